The number of fused-ring (bicyclic) bond motifs is 3. The Bertz CT molecular complexity index is 1410. The molecule has 0 saturated heterocycles. The minimum atomic E-state index is -0.387. The van der Waals surface area contributed by atoms with Crippen LogP contribution in [0, 0.1) is 0 Å². The van der Waals surface area contributed by atoms with Gasteiger partial charge in [-0.3, -0.25) is 14.6 Å². The number of aromatic hydroxyl groups is 1. The van der Waals surface area contributed by atoms with Crippen LogP contribution in [0.15, 0.2) is 59.5 Å². The highest BCUT2D eigenvalue weighted by molar-refractivity contribution is 6.02. The molecule has 8 nitrogen and oxygen atoms in total. The maximum absolute atomic E-state index is 13.1. The van der Waals surface area contributed by atoms with Crippen molar-refractivity contribution in [3.63, 3.8) is 0 Å². The van der Waals surface area contributed by atoms with Crippen molar-refractivity contribution in [2.45, 2.75) is 18.8 Å². The monoisotopic (exact) mass is 428 g/mol. The van der Waals surface area contributed by atoms with E-state index in [-0.39, 0.29) is 41.0 Å². The van der Waals surface area contributed by atoms with Crippen molar-refractivity contribution in [1.29, 1.82) is 0 Å². The maximum Gasteiger partial charge on any atom is 0.262 e. The number of ketones is 1. The molecular weight excluding hydrogens is 408 g/mol. The average molecular weight is 428 g/mol. The number of hydrogen-bond acceptors (Lipinski definition) is 7. The van der Waals surface area contributed by atoms with Gasteiger partial charge >= 0.3 is 0 Å². The van der Waals surface area contributed by atoms with E-state index in [0.29, 0.717) is 39.9 Å². The number of carbonyl (C=O) groups is 1. The largest absolute Gasteiger partial charge is 0.508 e. The lowest BCUT2D eigenvalue weighted by Crippen LogP contribution is -2.23. The van der Waals surface area contributed by atoms with Crippen LogP contribution in [0.1, 0.15) is 33.8 Å². The minimum Gasteiger partial charge on any atom is -0.508 e. The van der Waals surface area contributed by atoms with Crippen LogP contribution in [0.25, 0.3) is 11.0 Å². The van der Waals surface area contributed by atoms with Crippen molar-refractivity contribution in [3.05, 3.63) is 81.8 Å². The van der Waals surface area contributed by atoms with Gasteiger partial charge in [-0.05, 0) is 41.7 Å². The fourth-order valence-electron chi connectivity index (χ4n) is 4.26. The highest BCUT2D eigenvalue weighted by atomic mass is 16.5. The Labute approximate surface area is 182 Å². The van der Waals surface area contributed by atoms with E-state index in [2.05, 4.69) is 20.3 Å². The summed E-state index contributed by atoms with van der Waals surface area (Å²) in [6.07, 6.45) is 2.17. The number of phenolic OH excluding ortho intramolecular Hbond substituents is 1. The van der Waals surface area contributed by atoms with Crippen LogP contribution in [0.3, 0.4) is 0 Å². The molecule has 4 aromatic rings. The first kappa shape index (κ1) is 19.7. The van der Waals surface area contributed by atoms with Gasteiger partial charge < -0.3 is 15.2 Å². The van der Waals surface area contributed by atoms with Gasteiger partial charge in [0.25, 0.3) is 5.56 Å². The van der Waals surface area contributed by atoms with Gasteiger partial charge in [0.2, 0.25) is 5.95 Å². The van der Waals surface area contributed by atoms with Crippen molar-refractivity contribution in [1.82, 2.24) is 15.0 Å². The smallest absolute Gasteiger partial charge is 0.262 e. The molecular formula is C24H20N4O4. The number of para-hydroxylation sites is 3. The lowest BCUT2D eigenvalue weighted by molar-refractivity contribution is 0.0964. The third-order valence-electron chi connectivity index (χ3n) is 5.76. The van der Waals surface area contributed by atoms with Crippen molar-refractivity contribution < 1.29 is 14.6 Å². The summed E-state index contributed by atoms with van der Waals surface area (Å²) in [6, 6.07) is 14.2. The number of hydrogen-bond donors (Lipinski definition) is 3. The summed E-state index contributed by atoms with van der Waals surface area (Å²) >= 11 is 0. The number of phenols is 1. The number of rotatable bonds is 4. The van der Waals surface area contributed by atoms with Crippen LogP contribution >= 0.6 is 0 Å². The molecule has 160 valence electrons. The number of aromatic nitrogens is 3. The third-order valence-corrected chi connectivity index (χ3v) is 5.76. The lowest BCUT2D eigenvalue weighted by atomic mass is 9.79. The van der Waals surface area contributed by atoms with Gasteiger partial charge in [-0.1, -0.05) is 30.3 Å². The highest BCUT2D eigenvalue weighted by Crippen LogP contribution is 2.38. The van der Waals surface area contributed by atoms with Gasteiger partial charge in [0.05, 0.1) is 18.2 Å². The van der Waals surface area contributed by atoms with Gasteiger partial charge in [-0.25, -0.2) is 4.98 Å². The second-order valence-electron chi connectivity index (χ2n) is 7.68. The summed E-state index contributed by atoms with van der Waals surface area (Å²) in [5.74, 6) is 0.628. The fraction of sp³-hybridized carbons (Fsp3) is 0.167. The van der Waals surface area contributed by atoms with E-state index in [9.17, 15) is 14.7 Å². The summed E-state index contributed by atoms with van der Waals surface area (Å²) in [6.45, 7) is 0. The van der Waals surface area contributed by atoms with E-state index in [1.165, 1.54) is 6.20 Å². The van der Waals surface area contributed by atoms with Crippen LogP contribution in [0.4, 0.5) is 11.6 Å². The molecule has 0 bridgehead atoms. The zero-order valence-electron chi connectivity index (χ0n) is 17.3. The highest BCUT2D eigenvalue weighted by Gasteiger charge is 2.30. The molecule has 2 aromatic heterocycles. The standard InChI is InChI=1S/C24H20N4O4/c1-32-20-9-5-3-7-17(20)26-24-27-22-21(23(31)28-24)15-10-13(11-19(30)16(15)12-25-22)14-6-2-4-8-18(14)29/h2-9,12-13,29H,10-11H2,1H3,(H2,25,26,27,28,31)/t13-/m1/s1. The molecule has 0 fully saturated rings. The third kappa shape index (κ3) is 3.35. The number of methoxy groups -OCH3 is 1. The Kier molecular flexibility index (Phi) is 4.82. The summed E-state index contributed by atoms with van der Waals surface area (Å²) in [4.78, 5) is 37.4. The topological polar surface area (TPSA) is 117 Å². The number of benzene rings is 2. The average Bonchev–Trinajstić information content (AvgIpc) is 2.79. The second kappa shape index (κ2) is 7.81. The van der Waals surface area contributed by atoms with Gasteiger partial charge in [-0.15, -0.1) is 0 Å². The van der Waals surface area contributed by atoms with Crippen molar-refractivity contribution in [2.75, 3.05) is 12.4 Å². The second-order valence-corrected chi connectivity index (χ2v) is 7.68. The van der Waals surface area contributed by atoms with E-state index >= 15 is 0 Å². The summed E-state index contributed by atoms with van der Waals surface area (Å²) in [5.41, 5.74) is 2.23. The molecule has 0 radical (unpaired) electrons. The maximum atomic E-state index is 13.1. The molecule has 1 aliphatic rings. The molecule has 0 spiro atoms. The number of H-pyrrole nitrogens is 1. The molecule has 1 atom stereocenters. The predicted molar refractivity (Wildman–Crippen MR) is 120 cm³/mol. The first-order valence-electron chi connectivity index (χ1n) is 10.2. The van der Waals surface area contributed by atoms with Gasteiger partial charge in [-0.2, -0.15) is 4.98 Å². The zero-order valence-corrected chi connectivity index (χ0v) is 17.3. The van der Waals surface area contributed by atoms with Gasteiger partial charge in [0.1, 0.15) is 11.5 Å². The first-order valence-corrected chi connectivity index (χ1v) is 10.2. The number of aromatic amines is 1. The van der Waals surface area contributed by atoms with E-state index in [4.69, 9.17) is 4.74 Å². The van der Waals surface area contributed by atoms with Gasteiger partial charge in [0.15, 0.2) is 11.4 Å². The van der Waals surface area contributed by atoms with Crippen LogP contribution in [0.5, 0.6) is 11.5 Å². The molecule has 2 heterocycles. The molecule has 5 rings (SSSR count). The molecule has 0 saturated carbocycles. The summed E-state index contributed by atoms with van der Waals surface area (Å²) in [7, 11) is 1.56. The number of nitrogens with one attached hydrogen (secondary N) is 2. The van der Waals surface area contributed by atoms with E-state index in [0.717, 1.165) is 0 Å². The van der Waals surface area contributed by atoms with Crippen molar-refractivity contribution >= 4 is 28.5 Å². The molecule has 0 unspecified atom stereocenters. The SMILES string of the molecule is COc1ccccc1Nc1nc2ncc3c(c2c(=O)[nH]1)C[C@@H](c1ccccc1O)CC3=O. The lowest BCUT2D eigenvalue weighted by Gasteiger charge is -2.25. The first-order chi connectivity index (χ1) is 15.5. The Morgan fingerprint density at radius 3 is 2.69 bits per heavy atom. The Balaban J connectivity index is 1.58. The molecule has 2 aromatic carbocycles. The molecule has 0 amide bonds. The quantitative estimate of drug-likeness (QED) is 0.454. The Hall–Kier alpha value is -4.20. The fourth-order valence-corrected chi connectivity index (χ4v) is 4.26. The molecule has 3 N–H and O–H groups in total. The van der Waals surface area contributed by atoms with Crippen LogP contribution in [-0.2, 0) is 6.42 Å². The minimum absolute atomic E-state index is 0.107. The number of ether oxygens (including phenoxy) is 1. The van der Waals surface area contributed by atoms with E-state index in [1.807, 2.05) is 18.2 Å². The van der Waals surface area contributed by atoms with Gasteiger partial charge in [0, 0.05) is 18.2 Å². The van der Waals surface area contributed by atoms with Crippen LogP contribution < -0.4 is 15.6 Å². The number of nitrogens with zero attached hydrogens (tertiary/aromatic N) is 2. The Morgan fingerprint density at radius 1 is 1.09 bits per heavy atom. The molecule has 1 aliphatic carbocycles. The molecule has 0 aliphatic heterocycles. The predicted octanol–water partition coefficient (Wildman–Crippen LogP) is 3.69. The van der Waals surface area contributed by atoms with Crippen molar-refractivity contribution in [3.8, 4) is 11.5 Å². The summed E-state index contributed by atoms with van der Waals surface area (Å²) < 4.78 is 5.33. The van der Waals surface area contributed by atoms with Crippen LogP contribution in [0.2, 0.25) is 0 Å². The number of carbonyl (C=O) groups excluding carboxylic acids is 1. The van der Waals surface area contributed by atoms with E-state index < -0.39 is 0 Å². The Morgan fingerprint density at radius 2 is 1.88 bits per heavy atom. The van der Waals surface area contributed by atoms with E-state index in [1.54, 1.807) is 37.4 Å². The number of Topliss-reactive ketones (excluding diaryl/α,β-unsaturated/α-hetero) is 1. The molecule has 8 heteroatoms. The van der Waals surface area contributed by atoms with Crippen LogP contribution in [-0.4, -0.2) is 33.0 Å². The number of anilines is 2. The normalized spacial score (nSPS) is 15.4. The zero-order chi connectivity index (χ0) is 22.2. The van der Waals surface area contributed by atoms with Crippen molar-refractivity contribution in [2.24, 2.45) is 0 Å². The summed E-state index contributed by atoms with van der Waals surface area (Å²) in [5, 5.41) is 13.6. The number of pyridine rings is 1. The molecule has 32 heavy (non-hydrogen) atoms.